The molecule has 13 nitrogen and oxygen atoms in total. The van der Waals surface area contributed by atoms with Gasteiger partial charge < -0.3 is 40.6 Å². The summed E-state index contributed by atoms with van der Waals surface area (Å²) in [6.45, 7) is 9.34. The Morgan fingerprint density at radius 3 is 2.67 bits per heavy atom. The largest absolute Gasteiger partial charge is 0.397 e. The quantitative estimate of drug-likeness (QED) is 0.268. The molecule has 1 saturated carbocycles. The number of nitrogen functional groups attached to an aromatic ring is 2. The molecule has 6 rings (SSSR count). The maximum atomic E-state index is 12.8. The third-order valence-electron chi connectivity index (χ3n) is 9.48. The molecule has 4 heterocycles. The Kier molecular flexibility index (Phi) is 8.50. The van der Waals surface area contributed by atoms with E-state index in [-0.39, 0.29) is 29.6 Å². The van der Waals surface area contributed by atoms with Crippen LogP contribution in [0.1, 0.15) is 65.2 Å². The Labute approximate surface area is 263 Å². The van der Waals surface area contributed by atoms with Crippen molar-refractivity contribution in [3.63, 3.8) is 0 Å². The van der Waals surface area contributed by atoms with E-state index in [2.05, 4.69) is 46.1 Å². The number of aromatic nitrogens is 4. The number of nitrogens with one attached hydrogen (secondary N) is 1. The molecule has 45 heavy (non-hydrogen) atoms. The lowest BCUT2D eigenvalue weighted by molar-refractivity contribution is -0.198. The van der Waals surface area contributed by atoms with Crippen molar-refractivity contribution in [2.24, 2.45) is 5.92 Å². The number of carbonyl (C=O) groups excluding carboxylic acids is 1. The number of nitrogens with two attached hydrogens (primary N) is 2. The smallest absolute Gasteiger partial charge is 0.224 e. The predicted octanol–water partition coefficient (Wildman–Crippen LogP) is 3.46. The molecule has 0 radical (unpaired) electrons. The molecule has 3 aromatic rings. The summed E-state index contributed by atoms with van der Waals surface area (Å²) in [5.41, 5.74) is 15.6. The Morgan fingerprint density at radius 2 is 1.93 bits per heavy atom. The molecular weight excluding hydrogens is 576 g/mol. The van der Waals surface area contributed by atoms with Gasteiger partial charge in [0.05, 0.1) is 24.3 Å². The molecule has 2 aliphatic heterocycles. The van der Waals surface area contributed by atoms with Gasteiger partial charge in [-0.2, -0.15) is 0 Å². The summed E-state index contributed by atoms with van der Waals surface area (Å²) < 4.78 is 26.4. The second-order valence-corrected chi connectivity index (χ2v) is 13.8. The number of imidazole rings is 1. The summed E-state index contributed by atoms with van der Waals surface area (Å²) in [6.07, 6.45) is 5.26. The highest BCUT2D eigenvalue weighted by atomic mass is 16.8. The van der Waals surface area contributed by atoms with Crippen molar-refractivity contribution in [3.8, 4) is 0 Å². The molecule has 244 valence electrons. The third-order valence-corrected chi connectivity index (χ3v) is 9.48. The SMILES string of the molecule is COCC(C)(C)c1ccc(NC(=O)CCC2CC(N(C)C[C@H]3O[C@@H](n4cnc5c(N)ncnc54)[C@@H]4OC(C)(C)O[C@@H]43)C2)c(N)c1. The van der Waals surface area contributed by atoms with Gasteiger partial charge in [-0.1, -0.05) is 19.9 Å². The number of anilines is 3. The van der Waals surface area contributed by atoms with Crippen LogP contribution in [0, 0.1) is 5.92 Å². The van der Waals surface area contributed by atoms with Gasteiger partial charge in [-0.15, -0.1) is 0 Å². The summed E-state index contributed by atoms with van der Waals surface area (Å²) in [4.78, 5) is 28.0. The number of amides is 1. The van der Waals surface area contributed by atoms with Crippen LogP contribution in [0.4, 0.5) is 17.2 Å². The molecule has 2 saturated heterocycles. The van der Waals surface area contributed by atoms with E-state index in [1.54, 1.807) is 13.4 Å². The van der Waals surface area contributed by atoms with Gasteiger partial charge >= 0.3 is 0 Å². The second-order valence-electron chi connectivity index (χ2n) is 13.8. The summed E-state index contributed by atoms with van der Waals surface area (Å²) in [5, 5.41) is 3.00. The van der Waals surface area contributed by atoms with Crippen molar-refractivity contribution >= 4 is 34.3 Å². The zero-order valence-electron chi connectivity index (χ0n) is 27.0. The number of benzene rings is 1. The Bertz CT molecular complexity index is 1540. The van der Waals surface area contributed by atoms with E-state index in [9.17, 15) is 4.79 Å². The van der Waals surface area contributed by atoms with E-state index < -0.39 is 12.0 Å². The minimum atomic E-state index is -0.728. The van der Waals surface area contributed by atoms with Gasteiger partial charge in [-0.05, 0) is 63.8 Å². The van der Waals surface area contributed by atoms with Crippen molar-refractivity contribution in [3.05, 3.63) is 36.4 Å². The first-order valence-corrected chi connectivity index (χ1v) is 15.7. The van der Waals surface area contributed by atoms with Gasteiger partial charge in [0.1, 0.15) is 30.2 Å². The molecule has 3 aliphatic rings. The predicted molar refractivity (Wildman–Crippen MR) is 170 cm³/mol. The van der Waals surface area contributed by atoms with Gasteiger partial charge in [0.25, 0.3) is 0 Å². The second kappa shape index (κ2) is 12.1. The van der Waals surface area contributed by atoms with Crippen LogP contribution in [-0.4, -0.2) is 87.8 Å². The monoisotopic (exact) mass is 622 g/mol. The molecule has 1 amide bonds. The minimum absolute atomic E-state index is 0.0149. The standard InChI is InChI=1S/C32H46N8O5/c1-31(2,15-42-6)19-8-9-22(21(33)13-19)38-24(41)10-7-18-11-20(12-18)39(5)14-23-26-27(45-32(3,4)44-26)30(43-23)40-17-37-25-28(34)35-16-36-29(25)40/h8-9,13,16-18,20,23,26-27,30H,7,10-12,14-15,33H2,1-6H3,(H,38,41)(H2,34,35,36)/t18?,20?,23-,26-,27-,30-/m1/s1. The maximum Gasteiger partial charge on any atom is 0.224 e. The molecule has 1 aliphatic carbocycles. The van der Waals surface area contributed by atoms with Crippen LogP contribution in [0.5, 0.6) is 0 Å². The number of hydrogen-bond acceptors (Lipinski definition) is 11. The van der Waals surface area contributed by atoms with Gasteiger partial charge in [-0.3, -0.25) is 9.36 Å². The fourth-order valence-corrected chi connectivity index (χ4v) is 6.90. The van der Waals surface area contributed by atoms with Crippen LogP contribution in [0.15, 0.2) is 30.9 Å². The van der Waals surface area contributed by atoms with Crippen LogP contribution >= 0.6 is 0 Å². The average Bonchev–Trinajstić information content (AvgIpc) is 3.60. The first kappa shape index (κ1) is 31.6. The Hall–Kier alpha value is -3.36. The Balaban J connectivity index is 1.00. The van der Waals surface area contributed by atoms with Gasteiger partial charge in [0.2, 0.25) is 5.91 Å². The molecule has 0 spiro atoms. The summed E-state index contributed by atoms with van der Waals surface area (Å²) in [7, 11) is 3.82. The first-order chi connectivity index (χ1) is 21.3. The molecule has 1 aromatic carbocycles. The van der Waals surface area contributed by atoms with E-state index in [1.165, 1.54) is 6.33 Å². The molecule has 2 aromatic heterocycles. The number of fused-ring (bicyclic) bond motifs is 2. The summed E-state index contributed by atoms with van der Waals surface area (Å²) in [6, 6.07) is 6.22. The fourth-order valence-electron chi connectivity index (χ4n) is 6.90. The third kappa shape index (κ3) is 6.36. The van der Waals surface area contributed by atoms with Crippen LogP contribution in [0.2, 0.25) is 0 Å². The lowest BCUT2D eigenvalue weighted by Gasteiger charge is -2.42. The highest BCUT2D eigenvalue weighted by molar-refractivity contribution is 5.93. The number of ether oxygens (including phenoxy) is 4. The molecular formula is C32H46N8O5. The van der Waals surface area contributed by atoms with E-state index in [0.717, 1.165) is 24.8 Å². The van der Waals surface area contributed by atoms with Gasteiger partial charge in [-0.25, -0.2) is 15.0 Å². The summed E-state index contributed by atoms with van der Waals surface area (Å²) >= 11 is 0. The number of likely N-dealkylation sites (N-methyl/N-ethyl adjacent to an activating group) is 1. The highest BCUT2D eigenvalue weighted by Gasteiger charge is 2.56. The lowest BCUT2D eigenvalue weighted by Crippen LogP contribution is -2.48. The van der Waals surface area contributed by atoms with Crippen LogP contribution in [0.3, 0.4) is 0 Å². The average molecular weight is 623 g/mol. The highest BCUT2D eigenvalue weighted by Crippen LogP contribution is 2.45. The zero-order valence-corrected chi connectivity index (χ0v) is 27.0. The number of methoxy groups -OCH3 is 1. The topological polar surface area (TPSA) is 165 Å². The van der Waals surface area contributed by atoms with Crippen molar-refractivity contribution < 1.29 is 23.7 Å². The maximum absolute atomic E-state index is 12.8. The van der Waals surface area contributed by atoms with Gasteiger partial charge in [0, 0.05) is 31.5 Å². The molecule has 0 unspecified atom stereocenters. The number of carbonyl (C=O) groups is 1. The van der Waals surface area contributed by atoms with Crippen LogP contribution in [0.25, 0.3) is 11.2 Å². The van der Waals surface area contributed by atoms with Gasteiger partial charge in [0.15, 0.2) is 23.5 Å². The summed E-state index contributed by atoms with van der Waals surface area (Å²) in [5.74, 6) is 0.0776. The number of hydrogen-bond donors (Lipinski definition) is 3. The van der Waals surface area contributed by atoms with Crippen LogP contribution in [-0.2, 0) is 29.2 Å². The first-order valence-electron chi connectivity index (χ1n) is 15.7. The van der Waals surface area contributed by atoms with E-state index >= 15 is 0 Å². The fraction of sp³-hybridized carbons (Fsp3) is 0.625. The van der Waals surface area contributed by atoms with Crippen molar-refractivity contribution in [1.82, 2.24) is 24.4 Å². The molecule has 4 atom stereocenters. The van der Waals surface area contributed by atoms with E-state index in [0.29, 0.717) is 59.9 Å². The zero-order chi connectivity index (χ0) is 32.1. The van der Waals surface area contributed by atoms with Crippen LogP contribution < -0.4 is 16.8 Å². The molecule has 3 fully saturated rings. The van der Waals surface area contributed by atoms with Crippen molar-refractivity contribution in [2.45, 2.75) is 95.2 Å². The van der Waals surface area contributed by atoms with E-state index in [4.69, 9.17) is 30.4 Å². The van der Waals surface area contributed by atoms with Crippen molar-refractivity contribution in [2.75, 3.05) is 44.1 Å². The van der Waals surface area contributed by atoms with Crippen molar-refractivity contribution in [1.29, 1.82) is 0 Å². The molecule has 13 heteroatoms. The minimum Gasteiger partial charge on any atom is -0.397 e. The number of nitrogens with zero attached hydrogens (tertiary/aromatic N) is 5. The normalized spacial score (nSPS) is 27.5. The lowest BCUT2D eigenvalue weighted by atomic mass is 9.76. The Morgan fingerprint density at radius 1 is 1.18 bits per heavy atom. The molecule has 5 N–H and O–H groups in total. The van der Waals surface area contributed by atoms with E-state index in [1.807, 2.05) is 36.6 Å². The molecule has 0 bridgehead atoms. The number of rotatable bonds is 11.